The molecule has 11 heteroatoms. The molecule has 0 unspecified atom stereocenters. The fraction of sp³-hybridized carbons (Fsp3) is 0.0769. The number of alkyl halides is 2. The van der Waals surface area contributed by atoms with Crippen LogP contribution in [0.1, 0.15) is 11.1 Å². The molecule has 0 spiro atoms. The lowest BCUT2D eigenvalue weighted by atomic mass is 9.97. The fourth-order valence-corrected chi connectivity index (χ4v) is 3.96. The Labute approximate surface area is 208 Å². The van der Waals surface area contributed by atoms with Crippen molar-refractivity contribution >= 4 is 11.6 Å². The summed E-state index contributed by atoms with van der Waals surface area (Å²) in [4.78, 5) is 0. The van der Waals surface area contributed by atoms with Crippen LogP contribution in [0.15, 0.2) is 54.6 Å². The number of hydrogen-bond donors (Lipinski definition) is 0. The molecule has 0 aliphatic rings. The molecular weight excluding hydrogens is 535 g/mol. The van der Waals surface area contributed by atoms with Crippen LogP contribution in [0.5, 0.6) is 5.75 Å². The number of ether oxygens (including phenoxy) is 1. The lowest BCUT2D eigenvalue weighted by molar-refractivity contribution is -0.189. The third-order valence-electron chi connectivity index (χ3n) is 5.30. The first-order chi connectivity index (χ1) is 17.3. The monoisotopic (exact) mass is 546 g/mol. The van der Waals surface area contributed by atoms with Gasteiger partial charge in [0.2, 0.25) is 0 Å². The summed E-state index contributed by atoms with van der Waals surface area (Å²) in [7, 11) is 0. The molecule has 37 heavy (non-hydrogen) atoms. The number of rotatable bonds is 5. The lowest BCUT2D eigenvalue weighted by Gasteiger charge is -2.20. The van der Waals surface area contributed by atoms with E-state index in [4.69, 9.17) is 11.6 Å². The molecule has 0 bridgehead atoms. The van der Waals surface area contributed by atoms with Crippen molar-refractivity contribution in [2.75, 3.05) is 0 Å². The third kappa shape index (κ3) is 5.11. The average molecular weight is 547 g/mol. The average Bonchev–Trinajstić information content (AvgIpc) is 2.76. The Hall–Kier alpha value is -3.66. The van der Waals surface area contributed by atoms with Crippen molar-refractivity contribution in [3.8, 4) is 28.0 Å². The topological polar surface area (TPSA) is 9.23 Å². The first kappa shape index (κ1) is 26.4. The van der Waals surface area contributed by atoms with E-state index in [1.165, 1.54) is 12.1 Å². The van der Waals surface area contributed by atoms with Crippen LogP contribution < -0.4 is 4.74 Å². The second kappa shape index (κ2) is 9.66. The van der Waals surface area contributed by atoms with E-state index in [0.29, 0.717) is 17.7 Å². The Morgan fingerprint density at radius 1 is 0.649 bits per heavy atom. The maximum absolute atomic E-state index is 15.0. The normalized spacial score (nSPS) is 11.6. The second-order valence-electron chi connectivity index (χ2n) is 7.93. The van der Waals surface area contributed by atoms with Gasteiger partial charge in [-0.15, -0.1) is 0 Å². The van der Waals surface area contributed by atoms with Crippen molar-refractivity contribution < 1.29 is 44.3 Å². The molecule has 0 atom stereocenters. The quantitative estimate of drug-likeness (QED) is 0.179. The number of hydrogen-bond acceptors (Lipinski definition) is 1. The van der Waals surface area contributed by atoms with Crippen LogP contribution in [-0.2, 0) is 6.11 Å². The summed E-state index contributed by atoms with van der Waals surface area (Å²) in [6.45, 7) is 1.64. The molecule has 0 radical (unpaired) electrons. The Bertz CT molecular complexity index is 1470. The Kier molecular flexibility index (Phi) is 6.89. The van der Waals surface area contributed by atoms with Gasteiger partial charge in [-0.2, -0.15) is 8.78 Å². The van der Waals surface area contributed by atoms with E-state index < -0.39 is 74.3 Å². The van der Waals surface area contributed by atoms with Crippen molar-refractivity contribution in [3.05, 3.63) is 111 Å². The van der Waals surface area contributed by atoms with Crippen LogP contribution in [0.4, 0.5) is 39.5 Å². The molecule has 4 rings (SSSR count). The van der Waals surface area contributed by atoms with Gasteiger partial charge in [-0.25, -0.2) is 30.7 Å². The van der Waals surface area contributed by atoms with Crippen molar-refractivity contribution in [2.24, 2.45) is 0 Å². The highest BCUT2D eigenvalue weighted by atomic mass is 35.5. The molecule has 0 saturated carbocycles. The standard InChI is InChI=1S/C26H12ClF9O/c1-11-2-3-15(17(28)4-11)12-5-16(27)23(18(29)6-12)13-7-19(30)24(20(31)8-13)26(35,36)37-14-9-21(32)25(34)22(33)10-14/h2-10H,1H3. The summed E-state index contributed by atoms with van der Waals surface area (Å²) in [6, 6.07) is 6.95. The second-order valence-corrected chi connectivity index (χ2v) is 8.34. The summed E-state index contributed by atoms with van der Waals surface area (Å²) in [5, 5.41) is -0.401. The molecular formula is C26H12ClF9O. The van der Waals surface area contributed by atoms with Crippen LogP contribution in [0, 0.1) is 47.6 Å². The first-order valence-electron chi connectivity index (χ1n) is 10.3. The van der Waals surface area contributed by atoms with Crippen molar-refractivity contribution in [2.45, 2.75) is 13.0 Å². The van der Waals surface area contributed by atoms with Crippen LogP contribution >= 0.6 is 11.6 Å². The van der Waals surface area contributed by atoms with E-state index in [9.17, 15) is 39.5 Å². The minimum atomic E-state index is -4.82. The van der Waals surface area contributed by atoms with E-state index in [1.807, 2.05) is 0 Å². The molecule has 0 saturated heterocycles. The molecule has 0 aliphatic carbocycles. The fourth-order valence-electron chi connectivity index (χ4n) is 3.64. The Balaban J connectivity index is 1.73. The molecule has 1 nitrogen and oxygen atoms in total. The van der Waals surface area contributed by atoms with Gasteiger partial charge >= 0.3 is 6.11 Å². The molecule has 0 aromatic heterocycles. The highest BCUT2D eigenvalue weighted by Crippen LogP contribution is 2.40. The van der Waals surface area contributed by atoms with Crippen LogP contribution in [-0.4, -0.2) is 0 Å². The van der Waals surface area contributed by atoms with Gasteiger partial charge < -0.3 is 4.74 Å². The van der Waals surface area contributed by atoms with E-state index in [2.05, 4.69) is 4.74 Å². The van der Waals surface area contributed by atoms with Gasteiger partial charge in [0.1, 0.15) is 34.6 Å². The summed E-state index contributed by atoms with van der Waals surface area (Å²) in [5.41, 5.74) is -2.49. The van der Waals surface area contributed by atoms with Gasteiger partial charge in [0.25, 0.3) is 0 Å². The summed E-state index contributed by atoms with van der Waals surface area (Å²) >= 11 is 6.10. The molecule has 4 aromatic rings. The minimum Gasteiger partial charge on any atom is -0.429 e. The number of aryl methyl sites for hydroxylation is 1. The van der Waals surface area contributed by atoms with Gasteiger partial charge in [0.05, 0.1) is 5.02 Å². The maximum Gasteiger partial charge on any atom is 0.432 e. The molecule has 0 N–H and O–H groups in total. The SMILES string of the molecule is Cc1ccc(-c2cc(F)c(-c3cc(F)c(C(F)(F)Oc4cc(F)c(F)c(F)c4)c(F)c3)c(Cl)c2)c(F)c1. The van der Waals surface area contributed by atoms with Gasteiger partial charge in [-0.3, -0.25) is 0 Å². The van der Waals surface area contributed by atoms with Crippen molar-refractivity contribution in [1.82, 2.24) is 0 Å². The maximum atomic E-state index is 15.0. The number of benzene rings is 4. The van der Waals surface area contributed by atoms with E-state index in [1.54, 1.807) is 13.0 Å². The number of halogens is 10. The van der Waals surface area contributed by atoms with Crippen LogP contribution in [0.2, 0.25) is 5.02 Å². The van der Waals surface area contributed by atoms with E-state index >= 15 is 0 Å². The predicted octanol–water partition coefficient (Wildman–Crippen LogP) is 9.08. The first-order valence-corrected chi connectivity index (χ1v) is 10.6. The lowest BCUT2D eigenvalue weighted by Crippen LogP contribution is -2.25. The molecule has 4 aromatic carbocycles. The van der Waals surface area contributed by atoms with E-state index in [0.717, 1.165) is 12.1 Å². The van der Waals surface area contributed by atoms with Gasteiger partial charge in [-0.1, -0.05) is 23.7 Å². The molecule has 192 valence electrons. The van der Waals surface area contributed by atoms with Gasteiger partial charge in [0, 0.05) is 23.3 Å². The molecule has 0 aliphatic heterocycles. The zero-order valence-electron chi connectivity index (χ0n) is 18.4. The Morgan fingerprint density at radius 2 is 1.22 bits per heavy atom. The summed E-state index contributed by atoms with van der Waals surface area (Å²) < 4.78 is 131. The highest BCUT2D eigenvalue weighted by Gasteiger charge is 2.41. The Morgan fingerprint density at radius 3 is 1.76 bits per heavy atom. The molecule has 0 fully saturated rings. The van der Waals surface area contributed by atoms with Gasteiger partial charge in [-0.05, 0) is 53.9 Å². The van der Waals surface area contributed by atoms with Crippen LogP contribution in [0.3, 0.4) is 0 Å². The van der Waals surface area contributed by atoms with Gasteiger partial charge in [0.15, 0.2) is 17.5 Å². The van der Waals surface area contributed by atoms with Crippen LogP contribution in [0.25, 0.3) is 22.3 Å². The molecule has 0 heterocycles. The van der Waals surface area contributed by atoms with Crippen molar-refractivity contribution in [1.29, 1.82) is 0 Å². The minimum absolute atomic E-state index is 0.00360. The molecule has 0 amide bonds. The van der Waals surface area contributed by atoms with Crippen molar-refractivity contribution in [3.63, 3.8) is 0 Å². The zero-order chi connectivity index (χ0) is 27.2. The largest absolute Gasteiger partial charge is 0.432 e. The predicted molar refractivity (Wildman–Crippen MR) is 118 cm³/mol. The zero-order valence-corrected chi connectivity index (χ0v) is 19.1. The smallest absolute Gasteiger partial charge is 0.429 e. The van der Waals surface area contributed by atoms with E-state index in [-0.39, 0.29) is 23.3 Å². The highest BCUT2D eigenvalue weighted by molar-refractivity contribution is 6.33. The summed E-state index contributed by atoms with van der Waals surface area (Å²) in [6.07, 6.45) is -4.82. The summed E-state index contributed by atoms with van der Waals surface area (Å²) in [5.74, 6) is -12.6. The third-order valence-corrected chi connectivity index (χ3v) is 5.60.